The SMILES string of the molecule is CNc1cc(C(C)=N)ccc1C(=O)Nc1ccccc1C(=O)Nc1ccc(Cl)cn1.NC(=O)c1ccccc1. The highest BCUT2D eigenvalue weighted by Gasteiger charge is 2.17. The van der Waals surface area contributed by atoms with E-state index in [9.17, 15) is 14.4 Å². The first-order valence-electron chi connectivity index (χ1n) is 11.7. The number of nitrogens with two attached hydrogens (primary N) is 1. The second-order valence-corrected chi connectivity index (χ2v) is 8.62. The molecule has 198 valence electrons. The lowest BCUT2D eigenvalue weighted by Crippen LogP contribution is -2.19. The summed E-state index contributed by atoms with van der Waals surface area (Å²) in [5, 5.41) is 16.7. The van der Waals surface area contributed by atoms with Gasteiger partial charge in [0.1, 0.15) is 5.82 Å². The third kappa shape index (κ3) is 7.98. The third-order valence-corrected chi connectivity index (χ3v) is 5.64. The van der Waals surface area contributed by atoms with Gasteiger partial charge in [-0.15, -0.1) is 0 Å². The van der Waals surface area contributed by atoms with Gasteiger partial charge in [-0.05, 0) is 61.0 Å². The molecule has 0 saturated carbocycles. The number of halogens is 1. The van der Waals surface area contributed by atoms with E-state index in [2.05, 4.69) is 20.9 Å². The summed E-state index contributed by atoms with van der Waals surface area (Å²) in [6, 6.07) is 23.8. The molecule has 0 aliphatic carbocycles. The summed E-state index contributed by atoms with van der Waals surface area (Å²) in [7, 11) is 1.70. The lowest BCUT2D eigenvalue weighted by molar-refractivity contribution is 0.0995. The minimum Gasteiger partial charge on any atom is -0.387 e. The number of anilines is 3. The van der Waals surface area contributed by atoms with Gasteiger partial charge < -0.3 is 27.1 Å². The molecular weight excluding hydrogens is 516 g/mol. The Morgan fingerprint density at radius 2 is 1.44 bits per heavy atom. The molecule has 0 bridgehead atoms. The normalized spacial score (nSPS) is 9.92. The van der Waals surface area contributed by atoms with Crippen LogP contribution in [0.15, 0.2) is 91.1 Å². The summed E-state index contributed by atoms with van der Waals surface area (Å²) in [4.78, 5) is 40.1. The summed E-state index contributed by atoms with van der Waals surface area (Å²) in [5.74, 6) is -0.820. The van der Waals surface area contributed by atoms with Crippen molar-refractivity contribution < 1.29 is 14.4 Å². The van der Waals surface area contributed by atoms with Gasteiger partial charge >= 0.3 is 0 Å². The zero-order chi connectivity index (χ0) is 28.4. The largest absolute Gasteiger partial charge is 0.387 e. The van der Waals surface area contributed by atoms with Crippen molar-refractivity contribution in [2.75, 3.05) is 23.0 Å². The number of para-hydroxylation sites is 1. The number of nitrogens with one attached hydrogen (secondary N) is 4. The number of pyridine rings is 1. The Morgan fingerprint density at radius 1 is 0.795 bits per heavy atom. The Hall–Kier alpha value is -5.02. The van der Waals surface area contributed by atoms with Crippen LogP contribution in [0.5, 0.6) is 0 Å². The van der Waals surface area contributed by atoms with Crippen LogP contribution >= 0.6 is 11.6 Å². The van der Waals surface area contributed by atoms with Crippen molar-refractivity contribution in [2.45, 2.75) is 6.92 Å². The Balaban J connectivity index is 0.000000395. The highest BCUT2D eigenvalue weighted by Crippen LogP contribution is 2.22. The van der Waals surface area contributed by atoms with Gasteiger partial charge in [0.05, 0.1) is 21.8 Å². The average Bonchev–Trinajstić information content (AvgIpc) is 2.95. The summed E-state index contributed by atoms with van der Waals surface area (Å²) in [5.41, 5.74) is 8.28. The molecule has 4 aromatic rings. The Labute approximate surface area is 230 Å². The number of aromatic nitrogens is 1. The van der Waals surface area contributed by atoms with E-state index in [0.717, 1.165) is 0 Å². The molecule has 0 radical (unpaired) electrons. The van der Waals surface area contributed by atoms with Gasteiger partial charge in [0.25, 0.3) is 11.8 Å². The van der Waals surface area contributed by atoms with Gasteiger partial charge in [-0.1, -0.05) is 48.0 Å². The van der Waals surface area contributed by atoms with Crippen molar-refractivity contribution in [3.05, 3.63) is 118 Å². The fourth-order valence-electron chi connectivity index (χ4n) is 3.40. The van der Waals surface area contributed by atoms with Crippen molar-refractivity contribution in [1.82, 2.24) is 4.98 Å². The first-order chi connectivity index (χ1) is 18.7. The van der Waals surface area contributed by atoms with Crippen molar-refractivity contribution in [1.29, 1.82) is 5.41 Å². The molecule has 0 saturated heterocycles. The smallest absolute Gasteiger partial charge is 0.258 e. The van der Waals surface area contributed by atoms with E-state index in [1.165, 1.54) is 6.20 Å². The molecule has 6 N–H and O–H groups in total. The first kappa shape index (κ1) is 28.5. The topological polar surface area (TPSA) is 150 Å². The second-order valence-electron chi connectivity index (χ2n) is 8.18. The summed E-state index contributed by atoms with van der Waals surface area (Å²) in [6.07, 6.45) is 1.43. The number of hydrogen-bond acceptors (Lipinski definition) is 6. The molecule has 1 heterocycles. The highest BCUT2D eigenvalue weighted by atomic mass is 35.5. The Morgan fingerprint density at radius 3 is 2.03 bits per heavy atom. The van der Waals surface area contributed by atoms with Crippen LogP contribution in [-0.4, -0.2) is 35.5 Å². The molecule has 9 nitrogen and oxygen atoms in total. The quantitative estimate of drug-likeness (QED) is 0.197. The average molecular weight is 543 g/mol. The zero-order valence-corrected chi connectivity index (χ0v) is 22.0. The number of amides is 3. The predicted octanol–water partition coefficient (Wildman–Crippen LogP) is 5.45. The van der Waals surface area contributed by atoms with Crippen molar-refractivity contribution in [3.63, 3.8) is 0 Å². The lowest BCUT2D eigenvalue weighted by Gasteiger charge is -2.14. The molecule has 0 unspecified atom stereocenters. The van der Waals surface area contributed by atoms with Gasteiger partial charge in [0, 0.05) is 30.2 Å². The Kier molecular flexibility index (Phi) is 9.88. The van der Waals surface area contributed by atoms with E-state index < -0.39 is 5.91 Å². The maximum Gasteiger partial charge on any atom is 0.258 e. The Bertz CT molecular complexity index is 1490. The molecule has 0 spiro atoms. The summed E-state index contributed by atoms with van der Waals surface area (Å²) in [6.45, 7) is 1.68. The first-order valence-corrected chi connectivity index (χ1v) is 12.1. The number of benzene rings is 3. The predicted molar refractivity (Wildman–Crippen MR) is 155 cm³/mol. The molecule has 0 aliphatic heterocycles. The molecule has 4 rings (SSSR count). The van der Waals surface area contributed by atoms with Gasteiger partial charge in [-0.3, -0.25) is 14.4 Å². The molecule has 10 heteroatoms. The van der Waals surface area contributed by atoms with Crippen LogP contribution in [0.3, 0.4) is 0 Å². The molecule has 0 atom stereocenters. The van der Waals surface area contributed by atoms with Crippen LogP contribution in [0.25, 0.3) is 0 Å². The van der Waals surface area contributed by atoms with Gasteiger partial charge in [-0.2, -0.15) is 0 Å². The van der Waals surface area contributed by atoms with Gasteiger partial charge in [-0.25, -0.2) is 4.98 Å². The minimum absolute atomic E-state index is 0.292. The van der Waals surface area contributed by atoms with Crippen LogP contribution in [-0.2, 0) is 0 Å². The van der Waals surface area contributed by atoms with E-state index in [-0.39, 0.29) is 11.8 Å². The van der Waals surface area contributed by atoms with E-state index in [1.54, 1.807) is 92.8 Å². The standard InChI is InChI=1S/C22H20ClN5O2.C7H7NO/c1-13(24)14-7-9-17(19(11-14)25-2)21(29)27-18-6-4-3-5-16(18)22(30)28-20-10-8-15(23)12-26-20;8-7(9)6-4-2-1-3-5-6/h3-12,24-25H,1-2H3,(H,27,29)(H,26,28,30);1-5H,(H2,8,9). The number of hydrogen-bond donors (Lipinski definition) is 5. The van der Waals surface area contributed by atoms with Crippen molar-refractivity contribution >= 4 is 52.2 Å². The van der Waals surface area contributed by atoms with Crippen LogP contribution in [0.4, 0.5) is 17.2 Å². The second kappa shape index (κ2) is 13.5. The van der Waals surface area contributed by atoms with E-state index in [1.807, 2.05) is 6.07 Å². The molecule has 0 fully saturated rings. The van der Waals surface area contributed by atoms with Gasteiger partial charge in [0.2, 0.25) is 5.91 Å². The van der Waals surface area contributed by atoms with E-state index in [4.69, 9.17) is 22.7 Å². The van der Waals surface area contributed by atoms with E-state index >= 15 is 0 Å². The fraction of sp³-hybridized carbons (Fsp3) is 0.0690. The number of rotatable bonds is 7. The maximum absolute atomic E-state index is 12.9. The molecule has 3 amide bonds. The van der Waals surface area contributed by atoms with Gasteiger partial charge in [0.15, 0.2) is 0 Å². The van der Waals surface area contributed by atoms with Crippen molar-refractivity contribution in [2.24, 2.45) is 5.73 Å². The minimum atomic E-state index is -0.413. The number of carbonyl (C=O) groups is 3. The summed E-state index contributed by atoms with van der Waals surface area (Å²) < 4.78 is 0. The lowest BCUT2D eigenvalue weighted by atomic mass is 10.0. The van der Waals surface area contributed by atoms with Crippen LogP contribution in [0, 0.1) is 5.41 Å². The maximum atomic E-state index is 12.9. The molecule has 3 aromatic carbocycles. The number of primary amides is 1. The van der Waals surface area contributed by atoms with Crippen molar-refractivity contribution in [3.8, 4) is 0 Å². The highest BCUT2D eigenvalue weighted by molar-refractivity contribution is 6.30. The fourth-order valence-corrected chi connectivity index (χ4v) is 3.51. The third-order valence-electron chi connectivity index (χ3n) is 5.41. The zero-order valence-electron chi connectivity index (χ0n) is 21.3. The molecule has 1 aromatic heterocycles. The number of nitrogens with zero attached hydrogens (tertiary/aromatic N) is 1. The molecule has 0 aliphatic rings. The van der Waals surface area contributed by atoms with E-state index in [0.29, 0.717) is 50.2 Å². The summed E-state index contributed by atoms with van der Waals surface area (Å²) >= 11 is 5.82. The molecule has 39 heavy (non-hydrogen) atoms. The van der Waals surface area contributed by atoms with Crippen LogP contribution < -0.4 is 21.7 Å². The molecular formula is C29H27ClN6O3. The van der Waals surface area contributed by atoms with Crippen LogP contribution in [0.1, 0.15) is 43.6 Å². The van der Waals surface area contributed by atoms with Crippen LogP contribution in [0.2, 0.25) is 5.02 Å². The monoisotopic (exact) mass is 542 g/mol. The number of carbonyl (C=O) groups excluding carboxylic acids is 3.